The van der Waals surface area contributed by atoms with Gasteiger partial charge in [-0.1, -0.05) is 25.1 Å². The lowest BCUT2D eigenvalue weighted by Gasteiger charge is -2.19. The molecule has 0 fully saturated rings. The second-order valence-electron chi connectivity index (χ2n) is 4.66. The lowest BCUT2D eigenvalue weighted by atomic mass is 10.2. The van der Waals surface area contributed by atoms with Crippen molar-refractivity contribution < 1.29 is 0 Å². The zero-order valence-electron chi connectivity index (χ0n) is 11.3. The molecule has 2 aromatic rings. The fourth-order valence-electron chi connectivity index (χ4n) is 2.48. The van der Waals surface area contributed by atoms with E-state index in [9.17, 15) is 0 Å². The summed E-state index contributed by atoms with van der Waals surface area (Å²) in [5, 5.41) is 3.11. The maximum Gasteiger partial charge on any atom is 0.138 e. The van der Waals surface area contributed by atoms with Gasteiger partial charge in [0, 0.05) is 31.8 Å². The molecule has 0 unspecified atom stereocenters. The molecular weight excluding hydrogens is 236 g/mol. The van der Waals surface area contributed by atoms with Crippen LogP contribution in [0.15, 0.2) is 30.3 Å². The van der Waals surface area contributed by atoms with Crippen molar-refractivity contribution in [2.24, 2.45) is 0 Å². The molecular formula is C15H18N4. The second-order valence-corrected chi connectivity index (χ2v) is 4.66. The van der Waals surface area contributed by atoms with Crippen LogP contribution >= 0.6 is 0 Å². The molecule has 3 rings (SSSR count). The largest absolute Gasteiger partial charge is 0.373 e. The van der Waals surface area contributed by atoms with Gasteiger partial charge in [-0.05, 0) is 18.1 Å². The maximum absolute atomic E-state index is 4.66. The number of aryl methyl sites for hydroxylation is 1. The number of nitrogens with one attached hydrogen (secondary N) is 1. The Labute approximate surface area is 113 Å². The van der Waals surface area contributed by atoms with E-state index in [0.717, 1.165) is 36.8 Å². The van der Waals surface area contributed by atoms with Crippen molar-refractivity contribution >= 4 is 17.3 Å². The van der Waals surface area contributed by atoms with Crippen LogP contribution in [0.2, 0.25) is 0 Å². The number of fused-ring (bicyclic) bond motifs is 1. The van der Waals surface area contributed by atoms with Crippen LogP contribution in [0.1, 0.15) is 18.3 Å². The molecule has 0 radical (unpaired) electrons. The summed E-state index contributed by atoms with van der Waals surface area (Å²) in [7, 11) is 1.89. The number of benzene rings is 1. The van der Waals surface area contributed by atoms with Crippen LogP contribution in [0.4, 0.5) is 17.3 Å². The molecule has 0 atom stereocenters. The first-order valence-electron chi connectivity index (χ1n) is 6.73. The van der Waals surface area contributed by atoms with Crippen LogP contribution in [0.5, 0.6) is 0 Å². The molecule has 1 aliphatic rings. The van der Waals surface area contributed by atoms with Crippen LogP contribution in [0, 0.1) is 0 Å². The maximum atomic E-state index is 4.66. The van der Waals surface area contributed by atoms with Gasteiger partial charge in [0.1, 0.15) is 17.5 Å². The van der Waals surface area contributed by atoms with Crippen molar-refractivity contribution in [3.8, 4) is 0 Å². The first-order valence-corrected chi connectivity index (χ1v) is 6.73. The number of aromatic nitrogens is 2. The molecule has 0 aliphatic carbocycles. The van der Waals surface area contributed by atoms with E-state index >= 15 is 0 Å². The Morgan fingerprint density at radius 3 is 2.89 bits per heavy atom. The van der Waals surface area contributed by atoms with Gasteiger partial charge in [-0.15, -0.1) is 0 Å². The summed E-state index contributed by atoms with van der Waals surface area (Å²) in [6.07, 6.45) is 1.93. The number of anilines is 3. The minimum Gasteiger partial charge on any atom is -0.373 e. The quantitative estimate of drug-likeness (QED) is 0.914. The Kier molecular flexibility index (Phi) is 3.07. The number of hydrogen-bond acceptors (Lipinski definition) is 4. The molecule has 4 nitrogen and oxygen atoms in total. The third-order valence-electron chi connectivity index (χ3n) is 3.50. The fourth-order valence-corrected chi connectivity index (χ4v) is 2.48. The van der Waals surface area contributed by atoms with Crippen molar-refractivity contribution in [2.75, 3.05) is 23.8 Å². The first kappa shape index (κ1) is 12.0. The average Bonchev–Trinajstić information content (AvgIpc) is 2.90. The van der Waals surface area contributed by atoms with E-state index in [0.29, 0.717) is 0 Å². The molecule has 0 amide bonds. The Bertz CT molecular complexity index is 572. The molecule has 98 valence electrons. The number of rotatable bonds is 3. The summed E-state index contributed by atoms with van der Waals surface area (Å²) in [6.45, 7) is 3.07. The summed E-state index contributed by atoms with van der Waals surface area (Å²) < 4.78 is 0. The van der Waals surface area contributed by atoms with Crippen molar-refractivity contribution in [1.82, 2.24) is 9.97 Å². The van der Waals surface area contributed by atoms with Gasteiger partial charge in [0.25, 0.3) is 0 Å². The molecule has 1 aromatic heterocycles. The second kappa shape index (κ2) is 4.88. The van der Waals surface area contributed by atoms with Gasteiger partial charge < -0.3 is 10.2 Å². The number of nitrogens with zero attached hydrogens (tertiary/aromatic N) is 3. The molecule has 2 heterocycles. The minimum atomic E-state index is 0.845. The van der Waals surface area contributed by atoms with Gasteiger partial charge in [0.15, 0.2) is 0 Å². The standard InChI is InChI=1S/C15H18N4/c1-3-13-17-14(16-2)10-15(18-13)19-9-8-11-6-4-5-7-12(11)19/h4-7,10H,3,8-9H2,1-2H3,(H,16,17,18). The van der Waals surface area contributed by atoms with E-state index in [1.165, 1.54) is 11.3 Å². The zero-order valence-corrected chi connectivity index (χ0v) is 11.3. The molecule has 0 saturated heterocycles. The molecule has 0 saturated carbocycles. The highest BCUT2D eigenvalue weighted by Crippen LogP contribution is 2.33. The summed E-state index contributed by atoms with van der Waals surface area (Å²) in [5.74, 6) is 2.75. The van der Waals surface area contributed by atoms with E-state index in [-0.39, 0.29) is 0 Å². The Morgan fingerprint density at radius 2 is 2.11 bits per heavy atom. The fraction of sp³-hybridized carbons (Fsp3) is 0.333. The first-order chi connectivity index (χ1) is 9.31. The molecule has 1 aliphatic heterocycles. The van der Waals surface area contributed by atoms with E-state index < -0.39 is 0 Å². The van der Waals surface area contributed by atoms with Crippen LogP contribution in [0.3, 0.4) is 0 Å². The normalized spacial score (nSPS) is 13.5. The monoisotopic (exact) mass is 254 g/mol. The SMILES string of the molecule is CCc1nc(NC)cc(N2CCc3ccccc32)n1. The van der Waals surface area contributed by atoms with Crippen molar-refractivity contribution in [3.05, 3.63) is 41.7 Å². The Balaban J connectivity index is 2.04. The summed E-state index contributed by atoms with van der Waals surface area (Å²) in [6, 6.07) is 10.5. The van der Waals surface area contributed by atoms with Gasteiger partial charge in [0.2, 0.25) is 0 Å². The lowest BCUT2D eigenvalue weighted by Crippen LogP contribution is -2.16. The van der Waals surface area contributed by atoms with Crippen molar-refractivity contribution in [2.45, 2.75) is 19.8 Å². The topological polar surface area (TPSA) is 41.1 Å². The minimum absolute atomic E-state index is 0.845. The third kappa shape index (κ3) is 2.14. The summed E-state index contributed by atoms with van der Waals surface area (Å²) >= 11 is 0. The third-order valence-corrected chi connectivity index (χ3v) is 3.50. The predicted octanol–water partition coefficient (Wildman–Crippen LogP) is 2.77. The molecule has 19 heavy (non-hydrogen) atoms. The van der Waals surface area contributed by atoms with Crippen LogP contribution < -0.4 is 10.2 Å². The average molecular weight is 254 g/mol. The van der Waals surface area contributed by atoms with Crippen molar-refractivity contribution in [3.63, 3.8) is 0 Å². The summed E-state index contributed by atoms with van der Waals surface area (Å²) in [4.78, 5) is 11.4. The van der Waals surface area contributed by atoms with Gasteiger partial charge in [-0.3, -0.25) is 0 Å². The van der Waals surface area contributed by atoms with Crippen molar-refractivity contribution in [1.29, 1.82) is 0 Å². The molecule has 4 heteroatoms. The highest BCUT2D eigenvalue weighted by Gasteiger charge is 2.21. The van der Waals surface area contributed by atoms with Gasteiger partial charge >= 0.3 is 0 Å². The lowest BCUT2D eigenvalue weighted by molar-refractivity contribution is 0.904. The highest BCUT2D eigenvalue weighted by molar-refractivity contribution is 5.68. The van der Waals surface area contributed by atoms with E-state index in [2.05, 4.69) is 51.4 Å². The highest BCUT2D eigenvalue weighted by atomic mass is 15.2. The van der Waals surface area contributed by atoms with E-state index in [1.54, 1.807) is 0 Å². The summed E-state index contributed by atoms with van der Waals surface area (Å²) in [5.41, 5.74) is 2.66. The Morgan fingerprint density at radius 1 is 1.26 bits per heavy atom. The zero-order chi connectivity index (χ0) is 13.2. The molecule has 1 aromatic carbocycles. The van der Waals surface area contributed by atoms with E-state index in [1.807, 2.05) is 13.1 Å². The smallest absolute Gasteiger partial charge is 0.138 e. The Hall–Kier alpha value is -2.10. The number of para-hydroxylation sites is 1. The molecule has 1 N–H and O–H groups in total. The predicted molar refractivity (Wildman–Crippen MR) is 78.1 cm³/mol. The molecule has 0 spiro atoms. The van der Waals surface area contributed by atoms with Gasteiger partial charge in [-0.2, -0.15) is 0 Å². The van der Waals surface area contributed by atoms with Crippen LogP contribution in [0.25, 0.3) is 0 Å². The van der Waals surface area contributed by atoms with E-state index in [4.69, 9.17) is 0 Å². The van der Waals surface area contributed by atoms with Crippen LogP contribution in [-0.2, 0) is 12.8 Å². The number of hydrogen-bond donors (Lipinski definition) is 1. The molecule has 0 bridgehead atoms. The van der Waals surface area contributed by atoms with Gasteiger partial charge in [-0.25, -0.2) is 9.97 Å². The van der Waals surface area contributed by atoms with Gasteiger partial charge in [0.05, 0.1) is 0 Å². The van der Waals surface area contributed by atoms with Crippen LogP contribution in [-0.4, -0.2) is 23.6 Å².